The van der Waals surface area contributed by atoms with Crippen molar-refractivity contribution in [1.82, 2.24) is 0 Å². The maximum Gasteiger partial charge on any atom is 0.478 e. The van der Waals surface area contributed by atoms with Gasteiger partial charge in [-0.2, -0.15) is 17.7 Å². The summed E-state index contributed by atoms with van der Waals surface area (Å²) in [5.74, 6) is -0.467. The molecule has 1 N–H and O–H groups in total. The van der Waals surface area contributed by atoms with Crippen molar-refractivity contribution in [3.63, 3.8) is 0 Å². The van der Waals surface area contributed by atoms with Crippen molar-refractivity contribution in [2.45, 2.75) is 25.4 Å². The zero-order valence-corrected chi connectivity index (χ0v) is 14.8. The van der Waals surface area contributed by atoms with E-state index >= 15 is 0 Å². The molecule has 1 fully saturated rings. The van der Waals surface area contributed by atoms with Gasteiger partial charge in [0.1, 0.15) is 5.82 Å². The van der Waals surface area contributed by atoms with E-state index in [0.717, 1.165) is 12.8 Å². The zero-order valence-electron chi connectivity index (χ0n) is 14.8. The molecule has 0 atom stereocenters. The lowest BCUT2D eigenvalue weighted by atomic mass is 10.1. The predicted molar refractivity (Wildman–Crippen MR) is 97.0 cm³/mol. The van der Waals surface area contributed by atoms with E-state index in [1.165, 1.54) is 34.9 Å². The van der Waals surface area contributed by atoms with Crippen LogP contribution in [-0.4, -0.2) is 22.4 Å². The van der Waals surface area contributed by atoms with Gasteiger partial charge in [0.2, 0.25) is 11.6 Å². The number of alkyl halides is 3. The number of carbonyl (C=O) groups excluding carboxylic acids is 1. The molecule has 144 valence electrons. The fraction of sp³-hybridized carbons (Fsp3) is 0.238. The predicted octanol–water partition coefficient (Wildman–Crippen LogP) is 4.96. The number of nitrogens with one attached hydrogen (secondary N) is 1. The van der Waals surface area contributed by atoms with Crippen LogP contribution in [0.25, 0.3) is 0 Å². The third-order valence-corrected chi connectivity index (χ3v) is 4.76. The summed E-state index contributed by atoms with van der Waals surface area (Å²) < 4.78 is 53.7. The normalized spacial score (nSPS) is 16.5. The van der Waals surface area contributed by atoms with Crippen molar-refractivity contribution in [1.29, 1.82) is 0 Å². The van der Waals surface area contributed by atoms with Crippen LogP contribution in [0.1, 0.15) is 18.4 Å². The van der Waals surface area contributed by atoms with Crippen LogP contribution in [-0.2, 0) is 11.2 Å². The van der Waals surface area contributed by atoms with Gasteiger partial charge >= 0.3 is 6.18 Å². The topological polar surface area (TPSA) is 32.1 Å². The van der Waals surface area contributed by atoms with E-state index < -0.39 is 11.9 Å². The number of allylic oxidation sites excluding steroid dienone is 2. The molecule has 0 saturated heterocycles. The Bertz CT molecular complexity index is 969. The fourth-order valence-electron chi connectivity index (χ4n) is 3.21. The first-order chi connectivity index (χ1) is 13.3. The van der Waals surface area contributed by atoms with Gasteiger partial charge in [-0.15, -0.1) is 0 Å². The molecule has 28 heavy (non-hydrogen) atoms. The van der Waals surface area contributed by atoms with E-state index in [4.69, 9.17) is 0 Å². The zero-order chi connectivity index (χ0) is 19.9. The van der Waals surface area contributed by atoms with E-state index in [2.05, 4.69) is 5.32 Å². The number of amides is 1. The number of hydrogen-bond donors (Lipinski definition) is 1. The third kappa shape index (κ3) is 3.83. The Morgan fingerprint density at radius 3 is 2.25 bits per heavy atom. The molecule has 1 saturated carbocycles. The molecule has 7 heteroatoms. The summed E-state index contributed by atoms with van der Waals surface area (Å²) in [4.78, 5) is 12.1. The second-order valence-electron chi connectivity index (χ2n) is 6.96. The van der Waals surface area contributed by atoms with E-state index in [-0.39, 0.29) is 24.1 Å². The molecule has 0 aromatic heterocycles. The Labute approximate surface area is 159 Å². The van der Waals surface area contributed by atoms with Gasteiger partial charge in [0, 0.05) is 23.7 Å². The Hall–Kier alpha value is -2.96. The molecule has 1 heterocycles. The summed E-state index contributed by atoms with van der Waals surface area (Å²) in [6.07, 6.45) is -1.29. The Balaban J connectivity index is 1.45. The number of carbonyl (C=O) groups is 1. The van der Waals surface area contributed by atoms with Gasteiger partial charge in [0.15, 0.2) is 5.71 Å². The minimum atomic E-state index is -4.40. The minimum absolute atomic E-state index is 0.0781. The molecule has 0 radical (unpaired) electrons. The lowest BCUT2D eigenvalue weighted by molar-refractivity contribution is -0.437. The monoisotopic (exact) mass is 389 g/mol. The lowest BCUT2D eigenvalue weighted by Crippen LogP contribution is -2.34. The van der Waals surface area contributed by atoms with Crippen molar-refractivity contribution < 1.29 is 26.9 Å². The summed E-state index contributed by atoms with van der Waals surface area (Å²) in [5, 5.41) is 2.70. The SMILES string of the molecule is O=C(Cc1ccc(F)cc1)Nc1ccc([N+]2=C(C3CC3)C=C2C(F)(F)F)cc1. The highest BCUT2D eigenvalue weighted by Crippen LogP contribution is 2.42. The van der Waals surface area contributed by atoms with E-state index in [1.807, 2.05) is 0 Å². The van der Waals surface area contributed by atoms with Crippen molar-refractivity contribution in [2.75, 3.05) is 5.32 Å². The van der Waals surface area contributed by atoms with Gasteiger partial charge in [0.05, 0.1) is 12.5 Å². The number of anilines is 1. The van der Waals surface area contributed by atoms with Crippen LogP contribution in [0, 0.1) is 11.7 Å². The molecule has 4 rings (SSSR count). The summed E-state index contributed by atoms with van der Waals surface area (Å²) in [6.45, 7) is 0. The van der Waals surface area contributed by atoms with Crippen LogP contribution in [0.5, 0.6) is 0 Å². The lowest BCUT2D eigenvalue weighted by Gasteiger charge is -2.18. The molecule has 0 unspecified atom stereocenters. The van der Waals surface area contributed by atoms with Crippen molar-refractivity contribution >= 4 is 23.0 Å². The van der Waals surface area contributed by atoms with Crippen molar-refractivity contribution in [2.24, 2.45) is 5.92 Å². The van der Waals surface area contributed by atoms with Crippen LogP contribution in [0.3, 0.4) is 0 Å². The van der Waals surface area contributed by atoms with Crippen molar-refractivity contribution in [3.05, 3.63) is 71.7 Å². The number of benzene rings is 2. The molecule has 0 bridgehead atoms. The van der Waals surface area contributed by atoms with Gasteiger partial charge in [-0.25, -0.2) is 4.39 Å². The van der Waals surface area contributed by atoms with Gasteiger partial charge in [-0.1, -0.05) is 12.1 Å². The highest BCUT2D eigenvalue weighted by Gasteiger charge is 2.53. The van der Waals surface area contributed by atoms with Gasteiger partial charge < -0.3 is 5.32 Å². The van der Waals surface area contributed by atoms with Crippen LogP contribution < -0.4 is 5.32 Å². The molecular formula is C21H17F4N2O+. The first kappa shape index (κ1) is 18.4. The van der Waals surface area contributed by atoms with E-state index in [9.17, 15) is 22.4 Å². The van der Waals surface area contributed by atoms with E-state index in [0.29, 0.717) is 22.6 Å². The molecule has 3 nitrogen and oxygen atoms in total. The maximum absolute atomic E-state index is 13.2. The van der Waals surface area contributed by atoms with Crippen LogP contribution >= 0.6 is 0 Å². The first-order valence-corrected chi connectivity index (χ1v) is 8.91. The van der Waals surface area contributed by atoms with Crippen LogP contribution in [0.4, 0.5) is 28.9 Å². The Kier molecular flexibility index (Phi) is 4.53. The summed E-state index contributed by atoms with van der Waals surface area (Å²) >= 11 is 0. The molecule has 1 aliphatic carbocycles. The number of nitrogens with zero attached hydrogens (tertiary/aromatic N) is 1. The largest absolute Gasteiger partial charge is 0.478 e. The maximum atomic E-state index is 13.2. The first-order valence-electron chi connectivity index (χ1n) is 8.91. The second kappa shape index (κ2) is 6.89. The average molecular weight is 389 g/mol. The number of halogens is 4. The molecule has 2 aromatic carbocycles. The van der Waals surface area contributed by atoms with Crippen molar-refractivity contribution in [3.8, 4) is 0 Å². The summed E-state index contributed by atoms with van der Waals surface area (Å²) in [7, 11) is 0. The fourth-order valence-corrected chi connectivity index (χ4v) is 3.21. The summed E-state index contributed by atoms with van der Waals surface area (Å²) in [6, 6.07) is 11.9. The molecule has 1 aliphatic heterocycles. The van der Waals surface area contributed by atoms with Gasteiger partial charge in [-0.3, -0.25) is 4.79 Å². The second-order valence-corrected chi connectivity index (χ2v) is 6.96. The Morgan fingerprint density at radius 2 is 1.68 bits per heavy atom. The number of hydrogen-bond acceptors (Lipinski definition) is 1. The molecule has 2 aromatic rings. The minimum Gasteiger partial charge on any atom is -0.326 e. The molecule has 1 amide bonds. The summed E-state index contributed by atoms with van der Waals surface area (Å²) in [5.41, 5.74) is 1.61. The smallest absolute Gasteiger partial charge is 0.326 e. The van der Waals surface area contributed by atoms with Gasteiger partial charge in [0.25, 0.3) is 5.70 Å². The quantitative estimate of drug-likeness (QED) is 0.569. The number of rotatable bonds is 5. The van der Waals surface area contributed by atoms with Crippen LogP contribution in [0.2, 0.25) is 0 Å². The third-order valence-electron chi connectivity index (χ3n) is 4.76. The van der Waals surface area contributed by atoms with Crippen LogP contribution in [0.15, 0.2) is 60.3 Å². The Morgan fingerprint density at radius 1 is 1.04 bits per heavy atom. The van der Waals surface area contributed by atoms with Gasteiger partial charge in [-0.05, 0) is 42.7 Å². The molecule has 2 aliphatic rings. The standard InChI is InChI=1S/C21H16F4N2O/c22-15-5-1-13(2-6-15)11-20(28)26-16-7-9-17(10-8-16)27-18(14-3-4-14)12-19(27)21(23,24)25/h1-2,5-10,12,14H,3-4,11H2/p+1. The highest BCUT2D eigenvalue weighted by molar-refractivity contribution is 5.99. The molecular weight excluding hydrogens is 372 g/mol. The average Bonchev–Trinajstić information content (AvgIpc) is 3.41. The highest BCUT2D eigenvalue weighted by atomic mass is 19.4. The molecule has 0 spiro atoms. The van der Waals surface area contributed by atoms with E-state index in [1.54, 1.807) is 24.3 Å².